The summed E-state index contributed by atoms with van der Waals surface area (Å²) in [6, 6.07) is 4.44. The average Bonchev–Trinajstić information content (AvgIpc) is 2.28. The third-order valence-electron chi connectivity index (χ3n) is 1.99. The van der Waals surface area contributed by atoms with Gasteiger partial charge in [-0.3, -0.25) is 9.59 Å². The van der Waals surface area contributed by atoms with Crippen molar-refractivity contribution in [2.24, 2.45) is 0 Å². The van der Waals surface area contributed by atoms with Gasteiger partial charge in [-0.2, -0.15) is 0 Å². The molecule has 1 amide bonds. The number of halogens is 2. The van der Waals surface area contributed by atoms with E-state index in [4.69, 9.17) is 23.2 Å². The van der Waals surface area contributed by atoms with Crippen LogP contribution in [0.1, 0.15) is 10.5 Å². The number of H-pyrrole nitrogens is 1. The Morgan fingerprint density at radius 3 is 2.38 bits per heavy atom. The molecule has 1 heterocycles. The molecule has 16 heavy (non-hydrogen) atoms. The number of pyridine rings is 1. The first-order chi connectivity index (χ1) is 7.69. The highest BCUT2D eigenvalue weighted by atomic mass is 35.5. The minimum absolute atomic E-state index is 0.253. The van der Waals surface area contributed by atoms with Gasteiger partial charge in [0.05, 0.1) is 0 Å². The predicted molar refractivity (Wildman–Crippen MR) is 64.4 cm³/mol. The second kappa shape index (κ2) is 6.55. The summed E-state index contributed by atoms with van der Waals surface area (Å²) in [6.07, 6.45) is 0. The predicted octanol–water partition coefficient (Wildman–Crippen LogP) is 1.29. The maximum Gasteiger partial charge on any atom is 0.270 e. The molecule has 0 spiro atoms. The second-order valence-corrected chi connectivity index (χ2v) is 3.85. The first kappa shape index (κ1) is 13.1. The molecule has 0 radical (unpaired) electrons. The summed E-state index contributed by atoms with van der Waals surface area (Å²) in [6.45, 7) is 0.814. The molecular formula is C10H12Cl2N2O2. The van der Waals surface area contributed by atoms with E-state index in [1.807, 2.05) is 0 Å². The zero-order valence-corrected chi connectivity index (χ0v) is 10.1. The number of carbonyl (C=O) groups excluding carboxylic acids is 1. The van der Waals surface area contributed by atoms with Crippen molar-refractivity contribution in [1.82, 2.24) is 9.88 Å². The van der Waals surface area contributed by atoms with E-state index < -0.39 is 0 Å². The Labute approximate surface area is 103 Å². The third-order valence-corrected chi connectivity index (χ3v) is 2.33. The van der Waals surface area contributed by atoms with E-state index in [1.54, 1.807) is 6.07 Å². The molecule has 1 aromatic heterocycles. The monoisotopic (exact) mass is 262 g/mol. The Hall–Kier alpha value is -1.00. The lowest BCUT2D eigenvalue weighted by atomic mass is 10.3. The highest BCUT2D eigenvalue weighted by Crippen LogP contribution is 2.01. The fraction of sp³-hybridized carbons (Fsp3) is 0.400. The zero-order valence-electron chi connectivity index (χ0n) is 8.58. The summed E-state index contributed by atoms with van der Waals surface area (Å²) in [5.41, 5.74) is -0.0507. The van der Waals surface area contributed by atoms with Crippen LogP contribution in [0.25, 0.3) is 0 Å². The van der Waals surface area contributed by atoms with Crippen LogP contribution in [0.5, 0.6) is 0 Å². The van der Waals surface area contributed by atoms with E-state index in [0.717, 1.165) is 0 Å². The summed E-state index contributed by atoms with van der Waals surface area (Å²) >= 11 is 11.2. The van der Waals surface area contributed by atoms with E-state index in [2.05, 4.69) is 4.98 Å². The number of alkyl halides is 2. The number of nitrogens with one attached hydrogen (secondary N) is 1. The smallest absolute Gasteiger partial charge is 0.270 e. The molecule has 88 valence electrons. The molecule has 0 aliphatic rings. The van der Waals surface area contributed by atoms with Gasteiger partial charge < -0.3 is 9.88 Å². The Balaban J connectivity index is 2.85. The number of amides is 1. The normalized spacial score (nSPS) is 10.1. The first-order valence-corrected chi connectivity index (χ1v) is 5.86. The number of rotatable bonds is 5. The largest absolute Gasteiger partial charge is 0.335 e. The fourth-order valence-corrected chi connectivity index (χ4v) is 1.67. The second-order valence-electron chi connectivity index (χ2n) is 3.10. The topological polar surface area (TPSA) is 53.2 Å². The van der Waals surface area contributed by atoms with Gasteiger partial charge in [0.25, 0.3) is 5.91 Å². The van der Waals surface area contributed by atoms with Gasteiger partial charge in [-0.1, -0.05) is 6.07 Å². The highest BCUT2D eigenvalue weighted by Gasteiger charge is 2.14. The molecule has 1 aromatic rings. The summed E-state index contributed by atoms with van der Waals surface area (Å²) in [4.78, 5) is 26.9. The molecule has 6 heteroatoms. The molecule has 0 atom stereocenters. The summed E-state index contributed by atoms with van der Waals surface area (Å²) in [5.74, 6) is 0.401. The molecule has 1 N–H and O–H groups in total. The van der Waals surface area contributed by atoms with Gasteiger partial charge in [0.1, 0.15) is 5.69 Å². The summed E-state index contributed by atoms with van der Waals surface area (Å²) in [5, 5.41) is 0. The zero-order chi connectivity index (χ0) is 12.0. The van der Waals surface area contributed by atoms with Crippen molar-refractivity contribution in [2.75, 3.05) is 24.8 Å². The molecule has 0 aliphatic heterocycles. The third kappa shape index (κ3) is 3.54. The van der Waals surface area contributed by atoms with Crippen molar-refractivity contribution < 1.29 is 4.79 Å². The lowest BCUT2D eigenvalue weighted by Gasteiger charge is -2.20. The molecule has 0 bridgehead atoms. The molecular weight excluding hydrogens is 251 g/mol. The summed E-state index contributed by atoms with van der Waals surface area (Å²) in [7, 11) is 0. The van der Waals surface area contributed by atoms with Crippen LogP contribution in [0.3, 0.4) is 0 Å². The number of carbonyl (C=O) groups is 1. The van der Waals surface area contributed by atoms with Gasteiger partial charge >= 0.3 is 0 Å². The lowest BCUT2D eigenvalue weighted by molar-refractivity contribution is 0.0769. The molecule has 4 nitrogen and oxygen atoms in total. The van der Waals surface area contributed by atoms with Crippen molar-refractivity contribution in [3.8, 4) is 0 Å². The number of aromatic amines is 1. The van der Waals surface area contributed by atoms with Crippen LogP contribution in [-0.4, -0.2) is 40.6 Å². The molecule has 0 aliphatic carbocycles. The van der Waals surface area contributed by atoms with E-state index in [-0.39, 0.29) is 17.2 Å². The van der Waals surface area contributed by atoms with E-state index >= 15 is 0 Å². The minimum Gasteiger partial charge on any atom is -0.335 e. The van der Waals surface area contributed by atoms with Crippen LogP contribution in [0, 0.1) is 0 Å². The summed E-state index contributed by atoms with van der Waals surface area (Å²) < 4.78 is 0. The van der Waals surface area contributed by atoms with Gasteiger partial charge in [0, 0.05) is 30.9 Å². The van der Waals surface area contributed by atoms with Crippen LogP contribution in [0.2, 0.25) is 0 Å². The maximum atomic E-state index is 11.9. The average molecular weight is 263 g/mol. The number of hydrogen-bond acceptors (Lipinski definition) is 2. The standard InChI is InChI=1S/C10H12Cl2N2O2/c11-4-6-14(7-5-12)10(16)8-2-1-3-9(15)13-8/h1-3H,4-7H2,(H,13,15). The molecule has 0 aromatic carbocycles. The lowest BCUT2D eigenvalue weighted by Crippen LogP contribution is -2.35. The quantitative estimate of drug-likeness (QED) is 0.814. The van der Waals surface area contributed by atoms with Crippen LogP contribution in [0.4, 0.5) is 0 Å². The van der Waals surface area contributed by atoms with E-state index in [9.17, 15) is 9.59 Å². The molecule has 0 saturated carbocycles. The first-order valence-electron chi connectivity index (χ1n) is 4.79. The molecule has 0 unspecified atom stereocenters. The fourth-order valence-electron chi connectivity index (χ4n) is 1.26. The minimum atomic E-state index is -0.303. The van der Waals surface area contributed by atoms with Gasteiger partial charge in [0.2, 0.25) is 5.56 Å². The Morgan fingerprint density at radius 2 is 1.88 bits per heavy atom. The van der Waals surface area contributed by atoms with Crippen molar-refractivity contribution in [3.63, 3.8) is 0 Å². The van der Waals surface area contributed by atoms with Crippen molar-refractivity contribution in [3.05, 3.63) is 34.2 Å². The molecule has 0 fully saturated rings. The number of hydrogen-bond donors (Lipinski definition) is 1. The van der Waals surface area contributed by atoms with Gasteiger partial charge in [0.15, 0.2) is 0 Å². The highest BCUT2D eigenvalue weighted by molar-refractivity contribution is 6.18. The van der Waals surface area contributed by atoms with Crippen LogP contribution in [0.15, 0.2) is 23.0 Å². The van der Waals surface area contributed by atoms with Gasteiger partial charge in [-0.05, 0) is 6.07 Å². The number of aromatic nitrogens is 1. The van der Waals surface area contributed by atoms with Crippen LogP contribution < -0.4 is 5.56 Å². The Bertz CT molecular complexity index is 400. The number of nitrogens with zero attached hydrogens (tertiary/aromatic N) is 1. The van der Waals surface area contributed by atoms with Crippen LogP contribution >= 0.6 is 23.2 Å². The Morgan fingerprint density at radius 1 is 1.25 bits per heavy atom. The van der Waals surface area contributed by atoms with Crippen LogP contribution in [-0.2, 0) is 0 Å². The van der Waals surface area contributed by atoms with Gasteiger partial charge in [-0.25, -0.2) is 0 Å². The van der Waals surface area contributed by atoms with Crippen molar-refractivity contribution >= 4 is 29.1 Å². The maximum absolute atomic E-state index is 11.9. The molecule has 1 rings (SSSR count). The van der Waals surface area contributed by atoms with E-state index in [1.165, 1.54) is 17.0 Å². The molecule has 0 saturated heterocycles. The Kier molecular flexibility index (Phi) is 5.35. The SMILES string of the molecule is O=C(c1cccc(=O)[nH]1)N(CCCl)CCCl. The van der Waals surface area contributed by atoms with Crippen molar-refractivity contribution in [1.29, 1.82) is 0 Å². The van der Waals surface area contributed by atoms with Gasteiger partial charge in [-0.15, -0.1) is 23.2 Å². The van der Waals surface area contributed by atoms with E-state index in [0.29, 0.717) is 24.8 Å². The van der Waals surface area contributed by atoms with Crippen molar-refractivity contribution in [2.45, 2.75) is 0 Å².